The highest BCUT2D eigenvalue weighted by atomic mass is 35.5. The van der Waals surface area contributed by atoms with E-state index in [9.17, 15) is 5.11 Å². The zero-order valence-corrected chi connectivity index (χ0v) is 11.3. The number of rotatable bonds is 3. The molecular weight excluding hydrogens is 256 g/mol. The molecule has 1 N–H and O–H groups in total. The van der Waals surface area contributed by atoms with Gasteiger partial charge in [-0.25, -0.2) is 0 Å². The molecule has 3 aromatic carbocycles. The Morgan fingerprint density at radius 3 is 2.26 bits per heavy atom. The van der Waals surface area contributed by atoms with Gasteiger partial charge in [-0.05, 0) is 27.1 Å². The molecule has 1 nitrogen and oxygen atoms in total. The molecule has 0 amide bonds. The van der Waals surface area contributed by atoms with Crippen molar-refractivity contribution in [3.8, 4) is 0 Å². The third kappa shape index (κ3) is 2.32. The average molecular weight is 271 g/mol. The Balaban J connectivity index is 2.29. The molecule has 0 aromatic heterocycles. The first-order valence-electron chi connectivity index (χ1n) is 6.43. The van der Waals surface area contributed by atoms with Crippen molar-refractivity contribution in [2.45, 2.75) is 12.5 Å². The summed E-state index contributed by atoms with van der Waals surface area (Å²) in [5.41, 5.74) is 1.16. The summed E-state index contributed by atoms with van der Waals surface area (Å²) >= 11 is 5.72. The lowest BCUT2D eigenvalue weighted by Gasteiger charge is -2.12. The zero-order valence-electron chi connectivity index (χ0n) is 10.5. The predicted octanol–water partition coefficient (Wildman–Crippen LogP) is 4.14. The van der Waals surface area contributed by atoms with Gasteiger partial charge in [-0.2, -0.15) is 0 Å². The van der Waals surface area contributed by atoms with Gasteiger partial charge in [0, 0.05) is 12.3 Å². The number of benzene rings is 3. The summed E-state index contributed by atoms with van der Waals surface area (Å²) < 4.78 is 0. The summed E-state index contributed by atoms with van der Waals surface area (Å²) in [6.45, 7) is 0. The van der Waals surface area contributed by atoms with Crippen LogP contribution in [0.1, 0.15) is 5.56 Å². The van der Waals surface area contributed by atoms with E-state index in [1.54, 1.807) is 0 Å². The van der Waals surface area contributed by atoms with Gasteiger partial charge in [-0.15, -0.1) is 11.6 Å². The predicted molar refractivity (Wildman–Crippen MR) is 81.9 cm³/mol. The van der Waals surface area contributed by atoms with Crippen molar-refractivity contribution in [2.75, 3.05) is 5.88 Å². The van der Waals surface area contributed by atoms with Gasteiger partial charge in [0.1, 0.15) is 0 Å². The zero-order chi connectivity index (χ0) is 13.2. The lowest BCUT2D eigenvalue weighted by Crippen LogP contribution is -2.12. The van der Waals surface area contributed by atoms with Crippen molar-refractivity contribution >= 4 is 33.1 Å². The van der Waals surface area contributed by atoms with Gasteiger partial charge >= 0.3 is 0 Å². The second kappa shape index (κ2) is 5.20. The third-order valence-electron chi connectivity index (χ3n) is 3.49. The molecular formula is C17H15ClO. The van der Waals surface area contributed by atoms with Crippen LogP contribution in [-0.4, -0.2) is 17.1 Å². The standard InChI is InChI=1S/C17H15ClO/c18-11-14(19)10-13-9-12-5-1-2-6-15(12)17-8-4-3-7-16(13)17/h1-9,14,19H,10-11H2/t14-/m0/s1. The van der Waals surface area contributed by atoms with E-state index in [0.29, 0.717) is 6.42 Å². The highest BCUT2D eigenvalue weighted by molar-refractivity contribution is 6.18. The molecule has 3 aromatic rings. The summed E-state index contributed by atoms with van der Waals surface area (Å²) in [5.74, 6) is 0.265. The molecule has 2 heteroatoms. The van der Waals surface area contributed by atoms with Crippen LogP contribution in [0.15, 0.2) is 54.6 Å². The third-order valence-corrected chi connectivity index (χ3v) is 3.84. The second-order valence-electron chi connectivity index (χ2n) is 4.81. The van der Waals surface area contributed by atoms with Gasteiger partial charge in [0.25, 0.3) is 0 Å². The summed E-state index contributed by atoms with van der Waals surface area (Å²) in [4.78, 5) is 0. The van der Waals surface area contributed by atoms with Crippen molar-refractivity contribution in [3.63, 3.8) is 0 Å². The number of hydrogen-bond donors (Lipinski definition) is 1. The van der Waals surface area contributed by atoms with E-state index < -0.39 is 6.10 Å². The highest BCUT2D eigenvalue weighted by Gasteiger charge is 2.09. The fourth-order valence-electron chi connectivity index (χ4n) is 2.61. The van der Waals surface area contributed by atoms with Crippen molar-refractivity contribution in [2.24, 2.45) is 0 Å². The maximum atomic E-state index is 9.81. The van der Waals surface area contributed by atoms with Crippen LogP contribution >= 0.6 is 11.6 Å². The molecule has 0 aliphatic rings. The monoisotopic (exact) mass is 270 g/mol. The molecule has 0 aliphatic carbocycles. The Hall–Kier alpha value is -1.57. The SMILES string of the molecule is O[C@H](CCl)Cc1cc2ccccc2c2ccccc12. The van der Waals surface area contributed by atoms with E-state index in [4.69, 9.17) is 11.6 Å². The maximum absolute atomic E-state index is 9.81. The quantitative estimate of drug-likeness (QED) is 0.560. The largest absolute Gasteiger partial charge is 0.392 e. The first-order chi connectivity index (χ1) is 9.29. The minimum Gasteiger partial charge on any atom is -0.392 e. The normalized spacial score (nSPS) is 12.9. The molecule has 0 saturated heterocycles. The summed E-state index contributed by atoms with van der Waals surface area (Å²) in [5, 5.41) is 14.7. The van der Waals surface area contributed by atoms with Crippen molar-refractivity contribution in [1.82, 2.24) is 0 Å². The van der Waals surface area contributed by atoms with E-state index in [2.05, 4.69) is 42.5 Å². The van der Waals surface area contributed by atoms with E-state index in [1.165, 1.54) is 21.5 Å². The molecule has 0 aliphatic heterocycles. The smallest absolute Gasteiger partial charge is 0.0716 e. The Kier molecular flexibility index (Phi) is 3.41. The molecule has 0 saturated carbocycles. The fraction of sp³-hybridized carbons (Fsp3) is 0.176. The van der Waals surface area contributed by atoms with Gasteiger partial charge in [-0.1, -0.05) is 54.6 Å². The van der Waals surface area contributed by atoms with Crippen LogP contribution in [0.25, 0.3) is 21.5 Å². The first-order valence-corrected chi connectivity index (χ1v) is 6.96. The van der Waals surface area contributed by atoms with Gasteiger partial charge < -0.3 is 5.11 Å². The number of hydrogen-bond acceptors (Lipinski definition) is 1. The molecule has 19 heavy (non-hydrogen) atoms. The number of halogens is 1. The highest BCUT2D eigenvalue weighted by Crippen LogP contribution is 2.29. The lowest BCUT2D eigenvalue weighted by molar-refractivity contribution is 0.199. The summed E-state index contributed by atoms with van der Waals surface area (Å²) in [6.07, 6.45) is 0.0979. The van der Waals surface area contributed by atoms with Gasteiger partial charge in [0.2, 0.25) is 0 Å². The molecule has 0 spiro atoms. The van der Waals surface area contributed by atoms with Crippen molar-refractivity contribution in [1.29, 1.82) is 0 Å². The number of aliphatic hydroxyl groups excluding tert-OH is 1. The lowest BCUT2D eigenvalue weighted by atomic mass is 9.94. The molecule has 1 atom stereocenters. The molecule has 96 valence electrons. The second-order valence-corrected chi connectivity index (χ2v) is 5.12. The number of fused-ring (bicyclic) bond motifs is 3. The number of aliphatic hydroxyl groups is 1. The van der Waals surface area contributed by atoms with Crippen LogP contribution in [0, 0.1) is 0 Å². The van der Waals surface area contributed by atoms with E-state index in [-0.39, 0.29) is 5.88 Å². The first kappa shape index (κ1) is 12.5. The molecule has 3 rings (SSSR count). The average Bonchev–Trinajstić information content (AvgIpc) is 2.47. The van der Waals surface area contributed by atoms with Crippen LogP contribution in [0.5, 0.6) is 0 Å². The fourth-order valence-corrected chi connectivity index (χ4v) is 2.72. The van der Waals surface area contributed by atoms with Crippen LogP contribution < -0.4 is 0 Å². The van der Waals surface area contributed by atoms with Crippen LogP contribution in [0.2, 0.25) is 0 Å². The number of alkyl halides is 1. The molecule has 0 unspecified atom stereocenters. The van der Waals surface area contributed by atoms with Crippen molar-refractivity contribution in [3.05, 3.63) is 60.2 Å². The minimum atomic E-state index is -0.494. The van der Waals surface area contributed by atoms with Gasteiger partial charge in [0.15, 0.2) is 0 Å². The van der Waals surface area contributed by atoms with E-state index in [0.717, 1.165) is 5.56 Å². The van der Waals surface area contributed by atoms with Crippen molar-refractivity contribution < 1.29 is 5.11 Å². The van der Waals surface area contributed by atoms with E-state index in [1.807, 2.05) is 12.1 Å². The Morgan fingerprint density at radius 2 is 1.53 bits per heavy atom. The Labute approximate surface area is 117 Å². The molecule has 0 fully saturated rings. The molecule has 0 heterocycles. The van der Waals surface area contributed by atoms with Gasteiger partial charge in [0.05, 0.1) is 6.10 Å². The minimum absolute atomic E-state index is 0.265. The topological polar surface area (TPSA) is 20.2 Å². The van der Waals surface area contributed by atoms with Crippen LogP contribution in [0.3, 0.4) is 0 Å². The summed E-state index contributed by atoms with van der Waals surface area (Å²) in [6, 6.07) is 18.8. The molecule has 0 bridgehead atoms. The summed E-state index contributed by atoms with van der Waals surface area (Å²) in [7, 11) is 0. The Morgan fingerprint density at radius 1 is 0.895 bits per heavy atom. The maximum Gasteiger partial charge on any atom is 0.0716 e. The van der Waals surface area contributed by atoms with Gasteiger partial charge in [-0.3, -0.25) is 0 Å². The van der Waals surface area contributed by atoms with Crippen LogP contribution in [-0.2, 0) is 6.42 Å². The van der Waals surface area contributed by atoms with Crippen LogP contribution in [0.4, 0.5) is 0 Å². The molecule has 0 radical (unpaired) electrons. The Bertz CT molecular complexity index is 721. The van der Waals surface area contributed by atoms with E-state index >= 15 is 0 Å².